The van der Waals surface area contributed by atoms with Gasteiger partial charge in [0.2, 0.25) is 0 Å². The molecule has 0 aliphatic rings. The first kappa shape index (κ1) is 19.4. The number of hydrogen-bond donors (Lipinski definition) is 1. The summed E-state index contributed by atoms with van der Waals surface area (Å²) in [5, 5.41) is 3.29. The lowest BCUT2D eigenvalue weighted by atomic mass is 10.1. The molecule has 130 valence electrons. The van der Waals surface area contributed by atoms with Crippen LogP contribution in [0.3, 0.4) is 0 Å². The smallest absolute Gasteiger partial charge is 0.410 e. The van der Waals surface area contributed by atoms with Gasteiger partial charge in [0.25, 0.3) is 0 Å². The molecule has 0 heterocycles. The average Bonchev–Trinajstić information content (AvgIpc) is 2.38. The maximum atomic E-state index is 13.1. The van der Waals surface area contributed by atoms with E-state index in [2.05, 4.69) is 5.32 Å². The van der Waals surface area contributed by atoms with Crippen LogP contribution in [0.25, 0.3) is 0 Å². The number of amides is 1. The van der Waals surface area contributed by atoms with Gasteiger partial charge in [0, 0.05) is 25.7 Å². The van der Waals surface area contributed by atoms with Gasteiger partial charge in [-0.3, -0.25) is 0 Å². The monoisotopic (exact) mass is 324 g/mol. The lowest BCUT2D eigenvalue weighted by molar-refractivity contribution is 0.0193. The summed E-state index contributed by atoms with van der Waals surface area (Å²) in [7, 11) is 0. The molecule has 1 N–H and O–H groups in total. The average molecular weight is 324 g/mol. The number of ether oxygens (including phenoxy) is 1. The molecule has 0 saturated heterocycles. The van der Waals surface area contributed by atoms with Crippen molar-refractivity contribution in [3.63, 3.8) is 0 Å². The third-order valence-electron chi connectivity index (χ3n) is 3.40. The Morgan fingerprint density at radius 2 is 2.00 bits per heavy atom. The molecule has 1 aromatic carbocycles. The Morgan fingerprint density at radius 1 is 1.35 bits per heavy atom. The van der Waals surface area contributed by atoms with E-state index in [1.54, 1.807) is 11.0 Å². The molecule has 23 heavy (non-hydrogen) atoms. The SMILES string of the molecule is Cc1cc(F)ccc1CNCCN(C(=O)OC(C)(C)C)C(C)C. The molecule has 0 atom stereocenters. The number of nitrogens with one attached hydrogen (secondary N) is 1. The Balaban J connectivity index is 2.48. The topological polar surface area (TPSA) is 41.6 Å². The molecule has 1 aromatic rings. The summed E-state index contributed by atoms with van der Waals surface area (Å²) >= 11 is 0. The highest BCUT2D eigenvalue weighted by atomic mass is 19.1. The number of rotatable bonds is 6. The van der Waals surface area contributed by atoms with Crippen LogP contribution in [0.5, 0.6) is 0 Å². The molecule has 4 nitrogen and oxygen atoms in total. The van der Waals surface area contributed by atoms with Crippen LogP contribution in [0.15, 0.2) is 18.2 Å². The van der Waals surface area contributed by atoms with Gasteiger partial charge >= 0.3 is 6.09 Å². The first-order valence-electron chi connectivity index (χ1n) is 8.05. The van der Waals surface area contributed by atoms with E-state index in [0.29, 0.717) is 19.6 Å². The molecular weight excluding hydrogens is 295 g/mol. The molecule has 0 spiro atoms. The fourth-order valence-electron chi connectivity index (χ4n) is 2.16. The molecule has 0 saturated carbocycles. The molecule has 0 bridgehead atoms. The van der Waals surface area contributed by atoms with Crippen molar-refractivity contribution in [2.75, 3.05) is 13.1 Å². The fraction of sp³-hybridized carbons (Fsp3) is 0.611. The number of benzene rings is 1. The van der Waals surface area contributed by atoms with Crippen molar-refractivity contribution in [3.8, 4) is 0 Å². The van der Waals surface area contributed by atoms with Crippen LogP contribution < -0.4 is 5.32 Å². The van der Waals surface area contributed by atoms with Crippen molar-refractivity contribution >= 4 is 6.09 Å². The van der Waals surface area contributed by atoms with Gasteiger partial charge in [-0.05, 0) is 64.8 Å². The van der Waals surface area contributed by atoms with Crippen molar-refractivity contribution in [3.05, 3.63) is 35.1 Å². The third-order valence-corrected chi connectivity index (χ3v) is 3.40. The van der Waals surface area contributed by atoms with Crippen LogP contribution in [0.2, 0.25) is 0 Å². The second-order valence-electron chi connectivity index (χ2n) is 7.02. The fourth-order valence-corrected chi connectivity index (χ4v) is 2.16. The molecule has 0 aliphatic carbocycles. The highest BCUT2D eigenvalue weighted by Crippen LogP contribution is 2.12. The number of carbonyl (C=O) groups is 1. The highest BCUT2D eigenvalue weighted by Gasteiger charge is 2.23. The molecule has 0 radical (unpaired) electrons. The number of carbonyl (C=O) groups excluding carboxylic acids is 1. The normalized spacial score (nSPS) is 11.7. The van der Waals surface area contributed by atoms with E-state index < -0.39 is 5.60 Å². The van der Waals surface area contributed by atoms with E-state index in [0.717, 1.165) is 11.1 Å². The predicted octanol–water partition coefficient (Wildman–Crippen LogP) is 3.87. The maximum absolute atomic E-state index is 13.1. The van der Waals surface area contributed by atoms with Gasteiger partial charge in [0.1, 0.15) is 11.4 Å². The first-order chi connectivity index (χ1) is 10.6. The van der Waals surface area contributed by atoms with Crippen LogP contribution in [0, 0.1) is 12.7 Å². The van der Waals surface area contributed by atoms with Gasteiger partial charge in [0.05, 0.1) is 0 Å². The van der Waals surface area contributed by atoms with Gasteiger partial charge < -0.3 is 15.0 Å². The van der Waals surface area contributed by atoms with E-state index in [4.69, 9.17) is 4.74 Å². The van der Waals surface area contributed by atoms with Crippen LogP contribution >= 0.6 is 0 Å². The molecule has 0 fully saturated rings. The third kappa shape index (κ3) is 6.99. The van der Waals surface area contributed by atoms with Gasteiger partial charge in [0.15, 0.2) is 0 Å². The quantitative estimate of drug-likeness (QED) is 0.808. The molecule has 0 aliphatic heterocycles. The van der Waals surface area contributed by atoms with Crippen LogP contribution in [-0.4, -0.2) is 35.7 Å². The summed E-state index contributed by atoms with van der Waals surface area (Å²) in [6, 6.07) is 4.84. The number of hydrogen-bond acceptors (Lipinski definition) is 3. The van der Waals surface area contributed by atoms with Gasteiger partial charge in [-0.25, -0.2) is 9.18 Å². The predicted molar refractivity (Wildman–Crippen MR) is 90.9 cm³/mol. The van der Waals surface area contributed by atoms with E-state index >= 15 is 0 Å². The Hall–Kier alpha value is -1.62. The van der Waals surface area contributed by atoms with Crippen LogP contribution in [0.4, 0.5) is 9.18 Å². The van der Waals surface area contributed by atoms with E-state index in [9.17, 15) is 9.18 Å². The molecule has 0 aromatic heterocycles. The molecule has 5 heteroatoms. The molecular formula is C18H29FN2O2. The Labute approximate surface area is 139 Å². The minimum absolute atomic E-state index is 0.0687. The Morgan fingerprint density at radius 3 is 2.52 bits per heavy atom. The highest BCUT2D eigenvalue weighted by molar-refractivity contribution is 5.68. The lowest BCUT2D eigenvalue weighted by Gasteiger charge is -2.30. The van der Waals surface area contributed by atoms with Gasteiger partial charge in [-0.2, -0.15) is 0 Å². The Bertz CT molecular complexity index is 524. The van der Waals surface area contributed by atoms with Crippen molar-refractivity contribution in [2.24, 2.45) is 0 Å². The maximum Gasteiger partial charge on any atom is 0.410 e. The second-order valence-corrected chi connectivity index (χ2v) is 7.02. The van der Waals surface area contributed by atoms with Crippen LogP contribution in [0.1, 0.15) is 45.7 Å². The molecule has 1 amide bonds. The van der Waals surface area contributed by atoms with E-state index in [1.807, 2.05) is 41.5 Å². The number of halogens is 1. The largest absolute Gasteiger partial charge is 0.444 e. The lowest BCUT2D eigenvalue weighted by Crippen LogP contribution is -2.44. The molecule has 1 rings (SSSR count). The van der Waals surface area contributed by atoms with Crippen molar-refractivity contribution in [1.82, 2.24) is 10.2 Å². The summed E-state index contributed by atoms with van der Waals surface area (Å²) in [4.78, 5) is 13.9. The van der Waals surface area contributed by atoms with E-state index in [1.165, 1.54) is 12.1 Å². The zero-order valence-corrected chi connectivity index (χ0v) is 15.1. The minimum Gasteiger partial charge on any atom is -0.444 e. The summed E-state index contributed by atoms with van der Waals surface area (Å²) in [5.41, 5.74) is 1.48. The summed E-state index contributed by atoms with van der Waals surface area (Å²) < 4.78 is 18.5. The summed E-state index contributed by atoms with van der Waals surface area (Å²) in [6.07, 6.45) is -0.299. The first-order valence-corrected chi connectivity index (χ1v) is 8.05. The van der Waals surface area contributed by atoms with Gasteiger partial charge in [-0.1, -0.05) is 6.07 Å². The summed E-state index contributed by atoms with van der Waals surface area (Å²) in [6.45, 7) is 13.3. The summed E-state index contributed by atoms with van der Waals surface area (Å²) in [5.74, 6) is -0.220. The standard InChI is InChI=1S/C18H29FN2O2/c1-13(2)21(17(22)23-18(4,5)6)10-9-20-12-15-7-8-16(19)11-14(15)3/h7-8,11,13,20H,9-10,12H2,1-6H3. The number of aryl methyl sites for hydroxylation is 1. The zero-order valence-electron chi connectivity index (χ0n) is 15.1. The van der Waals surface area contributed by atoms with Crippen molar-refractivity contribution in [1.29, 1.82) is 0 Å². The minimum atomic E-state index is -0.497. The van der Waals surface area contributed by atoms with E-state index in [-0.39, 0.29) is 18.0 Å². The zero-order chi connectivity index (χ0) is 17.6. The Kier molecular flexibility index (Phi) is 7.01. The van der Waals surface area contributed by atoms with Crippen molar-refractivity contribution in [2.45, 2.75) is 59.7 Å². The van der Waals surface area contributed by atoms with Gasteiger partial charge in [-0.15, -0.1) is 0 Å². The number of nitrogens with zero attached hydrogens (tertiary/aromatic N) is 1. The van der Waals surface area contributed by atoms with Crippen molar-refractivity contribution < 1.29 is 13.9 Å². The molecule has 0 unspecified atom stereocenters. The van der Waals surface area contributed by atoms with Crippen LogP contribution in [-0.2, 0) is 11.3 Å². The second kappa shape index (κ2) is 8.29.